The number of fused-ring (bicyclic) bond motifs is 6. The first-order valence-corrected chi connectivity index (χ1v) is 17.3. The molecule has 2 heterocycles. The van der Waals surface area contributed by atoms with Gasteiger partial charge in [0.2, 0.25) is 0 Å². The number of rotatable bonds is 6. The second kappa shape index (κ2) is 11.6. The van der Waals surface area contributed by atoms with Crippen LogP contribution in [0.1, 0.15) is 11.1 Å². The first kappa shape index (κ1) is 28.6. The quantitative estimate of drug-likeness (QED) is 0.161. The first-order chi connectivity index (χ1) is 24.8. The van der Waals surface area contributed by atoms with E-state index >= 15 is 0 Å². The highest BCUT2D eigenvalue weighted by atomic mass is 15.2. The van der Waals surface area contributed by atoms with Gasteiger partial charge >= 0.3 is 0 Å². The minimum absolute atomic E-state index is 0.764. The van der Waals surface area contributed by atoms with Crippen molar-refractivity contribution >= 4 is 54.4 Å². The SMILES string of the molecule is c1ccc2cc(Cn3c(-c4ccc(-n5c6ccccc6c6ccccc65)cc4)[n+](Cc4ccc5ccccc5c4)c4ccccc43)ccc2c1. The lowest BCUT2D eigenvalue weighted by atomic mass is 10.1. The van der Waals surface area contributed by atoms with Crippen molar-refractivity contribution in [3.63, 3.8) is 0 Å². The van der Waals surface area contributed by atoms with Gasteiger partial charge in [-0.3, -0.25) is 0 Å². The van der Waals surface area contributed by atoms with Gasteiger partial charge in [0.1, 0.15) is 13.1 Å². The van der Waals surface area contributed by atoms with Gasteiger partial charge in [0.25, 0.3) is 5.82 Å². The molecule has 0 N–H and O–H groups in total. The molecular formula is C47H34N3+. The van der Waals surface area contributed by atoms with Crippen molar-refractivity contribution in [3.8, 4) is 17.1 Å². The van der Waals surface area contributed by atoms with Crippen molar-refractivity contribution in [1.29, 1.82) is 0 Å². The van der Waals surface area contributed by atoms with Crippen LogP contribution in [-0.2, 0) is 13.1 Å². The van der Waals surface area contributed by atoms with E-state index in [1.165, 1.54) is 76.9 Å². The number of benzene rings is 8. The van der Waals surface area contributed by atoms with E-state index in [1.807, 2.05) is 0 Å². The molecule has 0 aliphatic rings. The van der Waals surface area contributed by atoms with Gasteiger partial charge in [-0.2, -0.15) is 0 Å². The Morgan fingerprint density at radius 3 is 1.60 bits per heavy atom. The van der Waals surface area contributed by atoms with Crippen LogP contribution in [0.5, 0.6) is 0 Å². The summed E-state index contributed by atoms with van der Waals surface area (Å²) in [6.45, 7) is 1.53. The van der Waals surface area contributed by atoms with E-state index in [1.54, 1.807) is 0 Å². The summed E-state index contributed by atoms with van der Waals surface area (Å²) < 4.78 is 7.41. The molecule has 50 heavy (non-hydrogen) atoms. The molecule has 3 heteroatoms. The Morgan fingerprint density at radius 1 is 0.420 bits per heavy atom. The molecule has 0 unspecified atom stereocenters. The molecule has 0 amide bonds. The standard InChI is InChI=1S/C47H34N3/c1-3-13-38-29-33(21-23-35(38)11-1)31-48-45-19-9-10-20-46(45)49(32-34-22-24-36-12-2-4-14-39(36)30-34)47(48)37-25-27-40(28-26-37)50-43-17-7-5-15-41(43)42-16-6-8-18-44(42)50/h1-30H,31-32H2/q+1. The maximum Gasteiger partial charge on any atom is 0.290 e. The summed E-state index contributed by atoms with van der Waals surface area (Å²) in [4.78, 5) is 0. The van der Waals surface area contributed by atoms with Crippen molar-refractivity contribution in [2.75, 3.05) is 0 Å². The molecule has 0 fully saturated rings. The van der Waals surface area contributed by atoms with Gasteiger partial charge in [-0.05, 0) is 93.3 Å². The highest BCUT2D eigenvalue weighted by Crippen LogP contribution is 2.33. The normalized spacial score (nSPS) is 11.8. The van der Waals surface area contributed by atoms with Crippen LogP contribution in [0, 0.1) is 0 Å². The summed E-state index contributed by atoms with van der Waals surface area (Å²) in [6, 6.07) is 66.5. The number of para-hydroxylation sites is 4. The van der Waals surface area contributed by atoms with Crippen molar-refractivity contribution < 1.29 is 4.57 Å². The van der Waals surface area contributed by atoms with E-state index in [9.17, 15) is 0 Å². The van der Waals surface area contributed by atoms with E-state index in [0.29, 0.717) is 0 Å². The van der Waals surface area contributed by atoms with Crippen LogP contribution in [0.4, 0.5) is 0 Å². The average Bonchev–Trinajstić information content (AvgIpc) is 3.67. The van der Waals surface area contributed by atoms with Crippen LogP contribution in [0.25, 0.3) is 71.5 Å². The zero-order valence-electron chi connectivity index (χ0n) is 27.6. The molecule has 0 saturated carbocycles. The smallest absolute Gasteiger partial charge is 0.290 e. The van der Waals surface area contributed by atoms with E-state index in [-0.39, 0.29) is 0 Å². The molecule has 0 radical (unpaired) electrons. The predicted molar refractivity (Wildman–Crippen MR) is 208 cm³/mol. The molecule has 0 bridgehead atoms. The molecular weight excluding hydrogens is 607 g/mol. The number of hydrogen-bond acceptors (Lipinski definition) is 0. The lowest BCUT2D eigenvalue weighted by Crippen LogP contribution is -2.36. The Labute approximate surface area is 290 Å². The van der Waals surface area contributed by atoms with Crippen LogP contribution in [0.3, 0.4) is 0 Å². The van der Waals surface area contributed by atoms with Crippen LogP contribution in [0.2, 0.25) is 0 Å². The van der Waals surface area contributed by atoms with Gasteiger partial charge in [0.05, 0.1) is 16.6 Å². The number of nitrogens with zero attached hydrogens (tertiary/aromatic N) is 3. The zero-order valence-corrected chi connectivity index (χ0v) is 27.6. The van der Waals surface area contributed by atoms with Gasteiger partial charge in [-0.1, -0.05) is 121 Å². The number of aromatic nitrogens is 3. The Hall–Kier alpha value is -6.45. The van der Waals surface area contributed by atoms with Crippen LogP contribution in [0.15, 0.2) is 182 Å². The third-order valence-electron chi connectivity index (χ3n) is 10.2. The molecule has 0 aliphatic heterocycles. The lowest BCUT2D eigenvalue weighted by molar-refractivity contribution is -0.651. The summed E-state index contributed by atoms with van der Waals surface area (Å²) in [6.07, 6.45) is 0. The summed E-state index contributed by atoms with van der Waals surface area (Å²) in [5.41, 5.74) is 9.80. The Kier molecular flexibility index (Phi) is 6.63. The predicted octanol–water partition coefficient (Wildman–Crippen LogP) is 11.1. The minimum atomic E-state index is 0.764. The third kappa shape index (κ3) is 4.70. The maximum atomic E-state index is 2.51. The average molecular weight is 641 g/mol. The van der Waals surface area contributed by atoms with Crippen molar-refractivity contribution in [2.24, 2.45) is 0 Å². The Morgan fingerprint density at radius 2 is 0.940 bits per heavy atom. The summed E-state index contributed by atoms with van der Waals surface area (Å²) in [5, 5.41) is 7.61. The Bertz CT molecular complexity index is 2700. The molecule has 0 saturated heterocycles. The topological polar surface area (TPSA) is 13.7 Å². The fourth-order valence-corrected chi connectivity index (χ4v) is 7.93. The molecule has 236 valence electrons. The molecule has 0 aliphatic carbocycles. The van der Waals surface area contributed by atoms with Gasteiger partial charge in [-0.25, -0.2) is 9.13 Å². The van der Waals surface area contributed by atoms with Crippen LogP contribution < -0.4 is 4.57 Å². The highest BCUT2D eigenvalue weighted by molar-refractivity contribution is 6.09. The fourth-order valence-electron chi connectivity index (χ4n) is 7.93. The summed E-state index contributed by atoms with van der Waals surface area (Å²) in [7, 11) is 0. The fraction of sp³-hybridized carbons (Fsp3) is 0.0426. The Balaban J connectivity index is 1.16. The van der Waals surface area contributed by atoms with Crippen molar-refractivity contribution in [3.05, 3.63) is 193 Å². The van der Waals surface area contributed by atoms with E-state index in [2.05, 4.69) is 196 Å². The van der Waals surface area contributed by atoms with Crippen LogP contribution >= 0.6 is 0 Å². The molecule has 8 aromatic carbocycles. The zero-order chi connectivity index (χ0) is 33.0. The monoisotopic (exact) mass is 640 g/mol. The van der Waals surface area contributed by atoms with Crippen molar-refractivity contribution in [1.82, 2.24) is 9.13 Å². The van der Waals surface area contributed by atoms with Gasteiger partial charge in [-0.15, -0.1) is 0 Å². The highest BCUT2D eigenvalue weighted by Gasteiger charge is 2.27. The lowest BCUT2D eigenvalue weighted by Gasteiger charge is -2.11. The number of imidazole rings is 1. The number of hydrogen-bond donors (Lipinski definition) is 0. The third-order valence-corrected chi connectivity index (χ3v) is 10.2. The van der Waals surface area contributed by atoms with Crippen molar-refractivity contribution in [2.45, 2.75) is 13.1 Å². The minimum Gasteiger partial charge on any atom is -0.309 e. The van der Waals surface area contributed by atoms with E-state index in [4.69, 9.17) is 0 Å². The van der Waals surface area contributed by atoms with Gasteiger partial charge < -0.3 is 4.57 Å². The van der Waals surface area contributed by atoms with Gasteiger partial charge in [0.15, 0.2) is 11.0 Å². The molecule has 10 aromatic rings. The maximum absolute atomic E-state index is 2.51. The molecule has 0 atom stereocenters. The summed E-state index contributed by atoms with van der Waals surface area (Å²) >= 11 is 0. The molecule has 0 spiro atoms. The largest absolute Gasteiger partial charge is 0.309 e. The molecule has 2 aromatic heterocycles. The first-order valence-electron chi connectivity index (χ1n) is 17.3. The van der Waals surface area contributed by atoms with E-state index in [0.717, 1.165) is 18.8 Å². The van der Waals surface area contributed by atoms with Crippen LogP contribution in [-0.4, -0.2) is 9.13 Å². The molecule has 10 rings (SSSR count). The summed E-state index contributed by atoms with van der Waals surface area (Å²) in [5.74, 6) is 1.20. The van der Waals surface area contributed by atoms with Gasteiger partial charge in [0, 0.05) is 16.5 Å². The second-order valence-corrected chi connectivity index (χ2v) is 13.3. The molecule has 3 nitrogen and oxygen atoms in total. The van der Waals surface area contributed by atoms with E-state index < -0.39 is 0 Å². The second-order valence-electron chi connectivity index (χ2n) is 13.3.